The first kappa shape index (κ1) is 14.9. The van der Waals surface area contributed by atoms with E-state index >= 15 is 0 Å². The van der Waals surface area contributed by atoms with Crippen molar-refractivity contribution in [2.45, 2.75) is 18.6 Å². The molecule has 3 N–H and O–H groups in total. The van der Waals surface area contributed by atoms with Crippen LogP contribution in [0.4, 0.5) is 5.69 Å². The number of nitro benzene ring substituents is 1. The molecule has 0 fully saturated rings. The Morgan fingerprint density at radius 1 is 1.47 bits per heavy atom. The summed E-state index contributed by atoms with van der Waals surface area (Å²) in [5, 5.41) is 39.2. The fourth-order valence-electron chi connectivity index (χ4n) is 1.47. The summed E-state index contributed by atoms with van der Waals surface area (Å²) in [6, 6.07) is 3.14. The summed E-state index contributed by atoms with van der Waals surface area (Å²) >= 11 is 0. The number of benzene rings is 1. The van der Waals surface area contributed by atoms with E-state index in [0.717, 1.165) is 19.2 Å². The molecule has 8 heteroatoms. The zero-order valence-electron chi connectivity index (χ0n) is 10.0. The van der Waals surface area contributed by atoms with Crippen LogP contribution in [0.3, 0.4) is 0 Å². The second kappa shape index (κ2) is 6.12. The van der Waals surface area contributed by atoms with E-state index in [0.29, 0.717) is 0 Å². The fourth-order valence-corrected chi connectivity index (χ4v) is 1.47. The zero-order chi connectivity index (χ0) is 14.6. The number of hydrogen-bond donors (Lipinski definition) is 3. The molecule has 0 heterocycles. The summed E-state index contributed by atoms with van der Waals surface area (Å²) < 4.78 is 4.33. The van der Waals surface area contributed by atoms with Gasteiger partial charge in [-0.15, -0.1) is 0 Å². The number of phenolic OH excluding ortho intramolecular Hbond substituents is 1. The van der Waals surface area contributed by atoms with Crippen molar-refractivity contribution in [3.05, 3.63) is 33.9 Å². The Kier molecular flexibility index (Phi) is 4.79. The molecule has 0 saturated heterocycles. The highest BCUT2D eigenvalue weighted by atomic mass is 16.6. The van der Waals surface area contributed by atoms with Gasteiger partial charge in [0.2, 0.25) is 0 Å². The molecule has 8 nitrogen and oxygen atoms in total. The average molecular weight is 271 g/mol. The zero-order valence-corrected chi connectivity index (χ0v) is 10.0. The molecular weight excluding hydrogens is 258 g/mol. The predicted molar refractivity (Wildman–Crippen MR) is 62.4 cm³/mol. The maximum Gasteiger partial charge on any atom is 0.310 e. The third-order valence-corrected chi connectivity index (χ3v) is 2.51. The molecule has 0 spiro atoms. The van der Waals surface area contributed by atoms with Gasteiger partial charge in [-0.05, 0) is 17.7 Å². The number of esters is 1. The first-order chi connectivity index (χ1) is 8.86. The predicted octanol–water partition coefficient (Wildman–Crippen LogP) is 0.258. The van der Waals surface area contributed by atoms with Crippen LogP contribution in [-0.2, 0) is 9.53 Å². The van der Waals surface area contributed by atoms with Crippen LogP contribution in [0.25, 0.3) is 0 Å². The minimum atomic E-state index is -1.47. The number of aliphatic hydroxyl groups is 2. The quantitative estimate of drug-likeness (QED) is 0.397. The second-order valence-corrected chi connectivity index (χ2v) is 3.80. The Labute approximate surface area is 108 Å². The highest BCUT2D eigenvalue weighted by molar-refractivity contribution is 5.69. The Bertz CT molecular complexity index is 488. The van der Waals surface area contributed by atoms with Gasteiger partial charge in [-0.2, -0.15) is 0 Å². The molecule has 104 valence electrons. The van der Waals surface area contributed by atoms with Gasteiger partial charge in [0.25, 0.3) is 0 Å². The topological polar surface area (TPSA) is 130 Å². The van der Waals surface area contributed by atoms with E-state index in [-0.39, 0.29) is 5.56 Å². The maximum atomic E-state index is 10.9. The molecule has 0 amide bonds. The van der Waals surface area contributed by atoms with Gasteiger partial charge in [-0.25, -0.2) is 0 Å². The van der Waals surface area contributed by atoms with Gasteiger partial charge >= 0.3 is 11.7 Å². The highest BCUT2D eigenvalue weighted by Gasteiger charge is 2.24. The first-order valence-electron chi connectivity index (χ1n) is 5.27. The van der Waals surface area contributed by atoms with Gasteiger partial charge in [-0.3, -0.25) is 14.9 Å². The Morgan fingerprint density at radius 3 is 2.58 bits per heavy atom. The van der Waals surface area contributed by atoms with E-state index in [1.165, 1.54) is 6.07 Å². The fraction of sp³-hybridized carbons (Fsp3) is 0.364. The molecule has 0 radical (unpaired) electrons. The van der Waals surface area contributed by atoms with Gasteiger partial charge in [0.15, 0.2) is 5.75 Å². The molecule has 2 unspecified atom stereocenters. The van der Waals surface area contributed by atoms with Gasteiger partial charge in [0.1, 0.15) is 6.10 Å². The smallest absolute Gasteiger partial charge is 0.310 e. The summed E-state index contributed by atoms with van der Waals surface area (Å²) in [6.45, 7) is 0. The average Bonchev–Trinajstić information content (AvgIpc) is 2.36. The molecule has 0 aromatic heterocycles. The van der Waals surface area contributed by atoms with E-state index < -0.39 is 41.0 Å². The van der Waals surface area contributed by atoms with Crippen LogP contribution >= 0.6 is 0 Å². The number of nitrogens with zero attached hydrogens (tertiary/aromatic N) is 1. The monoisotopic (exact) mass is 271 g/mol. The van der Waals surface area contributed by atoms with Crippen molar-refractivity contribution in [2.24, 2.45) is 0 Å². The third kappa shape index (κ3) is 3.63. The number of ether oxygens (including phenoxy) is 1. The van der Waals surface area contributed by atoms with E-state index in [1.54, 1.807) is 0 Å². The van der Waals surface area contributed by atoms with Gasteiger partial charge < -0.3 is 20.1 Å². The minimum Gasteiger partial charge on any atom is -0.502 e. The summed E-state index contributed by atoms with van der Waals surface area (Å²) in [4.78, 5) is 20.6. The summed E-state index contributed by atoms with van der Waals surface area (Å²) in [5.41, 5.74) is -0.460. The number of methoxy groups -OCH3 is 1. The van der Waals surface area contributed by atoms with Crippen molar-refractivity contribution in [3.8, 4) is 5.75 Å². The van der Waals surface area contributed by atoms with Crippen molar-refractivity contribution < 1.29 is 29.8 Å². The van der Waals surface area contributed by atoms with Gasteiger partial charge in [0.05, 0.1) is 24.6 Å². The summed E-state index contributed by atoms with van der Waals surface area (Å²) in [7, 11) is 1.14. The number of carbonyl (C=O) groups excluding carboxylic acids is 1. The highest BCUT2D eigenvalue weighted by Crippen LogP contribution is 2.30. The molecule has 1 aromatic rings. The standard InChI is InChI=1S/C11H13NO7/c1-19-10(15)5-9(14)11(16)6-2-3-7(12(17)18)8(13)4-6/h2-4,9,11,13-14,16H,5H2,1H3. The Hall–Kier alpha value is -2.19. The lowest BCUT2D eigenvalue weighted by Crippen LogP contribution is -2.22. The van der Waals surface area contributed by atoms with E-state index in [2.05, 4.69) is 4.74 Å². The minimum absolute atomic E-state index is 0.0551. The number of nitro groups is 1. The number of hydrogen-bond acceptors (Lipinski definition) is 7. The van der Waals surface area contributed by atoms with E-state index in [4.69, 9.17) is 0 Å². The van der Waals surface area contributed by atoms with Crippen molar-refractivity contribution in [1.82, 2.24) is 0 Å². The molecule has 19 heavy (non-hydrogen) atoms. The molecule has 0 aliphatic rings. The molecular formula is C11H13NO7. The number of aliphatic hydroxyl groups excluding tert-OH is 2. The van der Waals surface area contributed by atoms with Crippen LogP contribution in [0.5, 0.6) is 5.75 Å². The van der Waals surface area contributed by atoms with Crippen LogP contribution in [0, 0.1) is 10.1 Å². The van der Waals surface area contributed by atoms with Crippen molar-refractivity contribution >= 4 is 11.7 Å². The lowest BCUT2D eigenvalue weighted by molar-refractivity contribution is -0.385. The number of rotatable bonds is 5. The molecule has 1 rings (SSSR count). The van der Waals surface area contributed by atoms with E-state index in [9.17, 15) is 30.2 Å². The number of carbonyl (C=O) groups is 1. The molecule has 0 bridgehead atoms. The lowest BCUT2D eigenvalue weighted by Gasteiger charge is -2.17. The number of phenols is 1. The van der Waals surface area contributed by atoms with Crippen LogP contribution in [-0.4, -0.2) is 39.4 Å². The molecule has 0 saturated carbocycles. The van der Waals surface area contributed by atoms with Crippen LogP contribution < -0.4 is 0 Å². The Morgan fingerprint density at radius 2 is 2.11 bits per heavy atom. The largest absolute Gasteiger partial charge is 0.502 e. The van der Waals surface area contributed by atoms with Crippen LogP contribution in [0.1, 0.15) is 18.1 Å². The third-order valence-electron chi connectivity index (χ3n) is 2.51. The van der Waals surface area contributed by atoms with Gasteiger partial charge in [0, 0.05) is 6.07 Å². The maximum absolute atomic E-state index is 10.9. The molecule has 1 aromatic carbocycles. The normalized spacial score (nSPS) is 13.6. The molecule has 2 atom stereocenters. The summed E-state index contributed by atoms with van der Waals surface area (Å²) in [6.07, 6.45) is -3.34. The number of aromatic hydroxyl groups is 1. The Balaban J connectivity index is 2.88. The van der Waals surface area contributed by atoms with Crippen LogP contribution in [0.2, 0.25) is 0 Å². The summed E-state index contributed by atoms with van der Waals surface area (Å²) in [5.74, 6) is -1.34. The lowest BCUT2D eigenvalue weighted by atomic mass is 10.0. The van der Waals surface area contributed by atoms with E-state index in [1.807, 2.05) is 0 Å². The van der Waals surface area contributed by atoms with Crippen LogP contribution in [0.15, 0.2) is 18.2 Å². The van der Waals surface area contributed by atoms with Gasteiger partial charge in [-0.1, -0.05) is 0 Å². The van der Waals surface area contributed by atoms with Crippen molar-refractivity contribution in [1.29, 1.82) is 0 Å². The molecule has 0 aliphatic heterocycles. The second-order valence-electron chi connectivity index (χ2n) is 3.80. The first-order valence-corrected chi connectivity index (χ1v) is 5.27. The SMILES string of the molecule is COC(=O)CC(O)C(O)c1ccc([N+](=O)[O-])c(O)c1. The van der Waals surface area contributed by atoms with Crippen molar-refractivity contribution in [2.75, 3.05) is 7.11 Å². The molecule has 0 aliphatic carbocycles. The van der Waals surface area contributed by atoms with Crippen molar-refractivity contribution in [3.63, 3.8) is 0 Å².